The van der Waals surface area contributed by atoms with Crippen LogP contribution in [0.4, 0.5) is 26.3 Å². The normalized spacial score (nSPS) is 16.0. The molecule has 2 heterocycles. The number of methoxy groups -OCH3 is 1. The maximum absolute atomic E-state index is 14.5. The zero-order chi connectivity index (χ0) is 47.2. The number of benzene rings is 6. The standard InChI is InChI=1S/C54H50ClF6N3O3/c1-65-50-30-47(49(55)29-48(50)42-23-38(25-46(28-42)54(59,60)61)33-66-34-51(13-17-63-18-14-51)43-10-3-2-4-11-43)40-9-6-12-44(26-40)52(15-19-64-20-16-52)35-67-32-37-22-41(27-45(24-37)53(56,57)58)39-8-5-7-36(21-39)31-62/h2-12,21-30,63-64H,13-20,32-35H2,1H3. The number of ether oxygens (including phenoxy) is 3. The highest BCUT2D eigenvalue weighted by atomic mass is 35.5. The summed E-state index contributed by atoms with van der Waals surface area (Å²) in [5, 5.41) is 16.5. The summed E-state index contributed by atoms with van der Waals surface area (Å²) >= 11 is 7.06. The van der Waals surface area contributed by atoms with Crippen LogP contribution >= 0.6 is 11.6 Å². The second kappa shape index (κ2) is 20.3. The number of piperidine rings is 2. The van der Waals surface area contributed by atoms with E-state index in [2.05, 4.69) is 22.8 Å². The number of hydrogen-bond acceptors (Lipinski definition) is 6. The Kier molecular flexibility index (Phi) is 14.5. The molecule has 0 amide bonds. The minimum absolute atomic E-state index is 0.0282. The second-order valence-electron chi connectivity index (χ2n) is 17.6. The number of rotatable bonds is 14. The van der Waals surface area contributed by atoms with Crippen molar-refractivity contribution < 1.29 is 40.6 Å². The van der Waals surface area contributed by atoms with Crippen LogP contribution < -0.4 is 15.4 Å². The molecule has 0 unspecified atom stereocenters. The molecule has 0 aromatic heterocycles. The van der Waals surface area contributed by atoms with Crippen molar-refractivity contribution in [3.8, 4) is 45.2 Å². The average molecular weight is 938 g/mol. The summed E-state index contributed by atoms with van der Waals surface area (Å²) in [5.74, 6) is 0.327. The van der Waals surface area contributed by atoms with Gasteiger partial charge in [-0.15, -0.1) is 0 Å². The molecular formula is C54H50ClF6N3O3. The van der Waals surface area contributed by atoms with Gasteiger partial charge in [0.1, 0.15) is 5.75 Å². The van der Waals surface area contributed by atoms with Crippen LogP contribution in [0.1, 0.15) is 64.6 Å². The fourth-order valence-corrected chi connectivity index (χ4v) is 9.79. The molecule has 6 aromatic carbocycles. The lowest BCUT2D eigenvalue weighted by Crippen LogP contribution is -2.43. The first-order chi connectivity index (χ1) is 32.2. The number of nitrogens with one attached hydrogen (secondary N) is 2. The number of nitriles is 1. The average Bonchev–Trinajstić information content (AvgIpc) is 3.34. The highest BCUT2D eigenvalue weighted by Gasteiger charge is 2.37. The van der Waals surface area contributed by atoms with Crippen LogP contribution in [0, 0.1) is 11.3 Å². The number of halogens is 7. The summed E-state index contributed by atoms with van der Waals surface area (Å²) in [6, 6.07) is 37.5. The van der Waals surface area contributed by atoms with E-state index in [1.807, 2.05) is 48.5 Å². The van der Waals surface area contributed by atoms with Crippen molar-refractivity contribution in [3.05, 3.63) is 171 Å². The van der Waals surface area contributed by atoms with Gasteiger partial charge in [-0.1, -0.05) is 78.3 Å². The third kappa shape index (κ3) is 11.0. The molecule has 2 fully saturated rings. The van der Waals surface area contributed by atoms with Crippen molar-refractivity contribution in [3.63, 3.8) is 0 Å². The molecule has 0 spiro atoms. The maximum atomic E-state index is 14.5. The van der Waals surface area contributed by atoms with E-state index in [-0.39, 0.29) is 30.8 Å². The van der Waals surface area contributed by atoms with Crippen molar-refractivity contribution in [1.29, 1.82) is 5.26 Å². The second-order valence-corrected chi connectivity index (χ2v) is 18.0. The third-order valence-electron chi connectivity index (χ3n) is 13.2. The fourth-order valence-electron chi connectivity index (χ4n) is 9.52. The lowest BCUT2D eigenvalue weighted by Gasteiger charge is -2.38. The Morgan fingerprint density at radius 1 is 0.567 bits per heavy atom. The zero-order valence-electron chi connectivity index (χ0n) is 36.9. The molecule has 0 aliphatic carbocycles. The van der Waals surface area contributed by atoms with Gasteiger partial charge in [-0.05, 0) is 157 Å². The predicted molar refractivity (Wildman–Crippen MR) is 249 cm³/mol. The summed E-state index contributed by atoms with van der Waals surface area (Å²) in [6.45, 7) is 3.48. The first kappa shape index (κ1) is 47.8. The van der Waals surface area contributed by atoms with E-state index in [1.54, 1.807) is 48.5 Å². The van der Waals surface area contributed by atoms with Crippen LogP contribution in [0.5, 0.6) is 5.75 Å². The van der Waals surface area contributed by atoms with Crippen LogP contribution in [0.25, 0.3) is 33.4 Å². The molecule has 8 rings (SSSR count). The molecule has 6 nitrogen and oxygen atoms in total. The molecule has 67 heavy (non-hydrogen) atoms. The Labute approximate surface area is 391 Å². The van der Waals surface area contributed by atoms with Crippen LogP contribution in [0.15, 0.2) is 127 Å². The van der Waals surface area contributed by atoms with E-state index in [9.17, 15) is 31.6 Å². The predicted octanol–water partition coefficient (Wildman–Crippen LogP) is 12.9. The molecule has 2 aliphatic rings. The summed E-state index contributed by atoms with van der Waals surface area (Å²) in [7, 11) is 1.46. The van der Waals surface area contributed by atoms with Gasteiger partial charge in [-0.2, -0.15) is 31.6 Å². The van der Waals surface area contributed by atoms with Gasteiger partial charge in [0.15, 0.2) is 0 Å². The van der Waals surface area contributed by atoms with E-state index in [1.165, 1.54) is 7.11 Å². The van der Waals surface area contributed by atoms with Crippen molar-refractivity contribution >= 4 is 11.6 Å². The van der Waals surface area contributed by atoms with Crippen LogP contribution in [-0.4, -0.2) is 46.5 Å². The minimum atomic E-state index is -4.63. The first-order valence-corrected chi connectivity index (χ1v) is 22.6. The van der Waals surface area contributed by atoms with Crippen LogP contribution in [-0.2, 0) is 45.9 Å². The summed E-state index contributed by atoms with van der Waals surface area (Å²) in [5.41, 5.74) is 3.60. The molecule has 2 N–H and O–H groups in total. The number of nitrogens with zero attached hydrogens (tertiary/aromatic N) is 1. The molecule has 348 valence electrons. The van der Waals surface area contributed by atoms with Gasteiger partial charge in [-0.3, -0.25) is 0 Å². The Balaban J connectivity index is 1.05. The molecule has 13 heteroatoms. The van der Waals surface area contributed by atoms with Gasteiger partial charge in [0, 0.05) is 27.0 Å². The van der Waals surface area contributed by atoms with Crippen molar-refractivity contribution in [2.24, 2.45) is 0 Å². The largest absolute Gasteiger partial charge is 0.496 e. The molecule has 2 saturated heterocycles. The lowest BCUT2D eigenvalue weighted by molar-refractivity contribution is -0.138. The van der Waals surface area contributed by atoms with Crippen molar-refractivity contribution in [2.45, 2.75) is 62.1 Å². The van der Waals surface area contributed by atoms with E-state index >= 15 is 0 Å². The van der Waals surface area contributed by atoms with Crippen molar-refractivity contribution in [2.75, 3.05) is 46.5 Å². The lowest BCUT2D eigenvalue weighted by atomic mass is 9.73. The van der Waals surface area contributed by atoms with Crippen molar-refractivity contribution in [1.82, 2.24) is 10.6 Å². The summed E-state index contributed by atoms with van der Waals surface area (Å²) in [6.07, 6.45) is -6.16. The molecule has 6 aromatic rings. The highest BCUT2D eigenvalue weighted by Crippen LogP contribution is 2.44. The molecular weight excluding hydrogens is 888 g/mol. The summed E-state index contributed by atoms with van der Waals surface area (Å²) < 4.78 is 104. The number of hydrogen-bond donors (Lipinski definition) is 2. The Hall–Kier alpha value is -5.68. The molecule has 0 saturated carbocycles. The van der Waals surface area contributed by atoms with Gasteiger partial charge in [0.05, 0.1) is 56.3 Å². The minimum Gasteiger partial charge on any atom is -0.496 e. The molecule has 0 bridgehead atoms. The first-order valence-electron chi connectivity index (χ1n) is 22.2. The Morgan fingerprint density at radius 2 is 1.10 bits per heavy atom. The van der Waals surface area contributed by atoms with Gasteiger partial charge >= 0.3 is 12.4 Å². The van der Waals surface area contributed by atoms with E-state index < -0.39 is 28.9 Å². The highest BCUT2D eigenvalue weighted by molar-refractivity contribution is 6.33. The zero-order valence-corrected chi connectivity index (χ0v) is 37.7. The molecule has 0 radical (unpaired) electrons. The summed E-state index contributed by atoms with van der Waals surface area (Å²) in [4.78, 5) is 0. The number of alkyl halides is 6. The van der Waals surface area contributed by atoms with E-state index in [4.69, 9.17) is 25.8 Å². The van der Waals surface area contributed by atoms with E-state index in [0.29, 0.717) is 82.3 Å². The SMILES string of the molecule is COc1cc(-c2cccc(C3(COCc4cc(-c5cccc(C#N)c5)cc(C(F)(F)F)c4)CCNCC3)c2)c(Cl)cc1-c1cc(COCC2(c3ccccc3)CCNCC2)cc(C(F)(F)F)c1. The third-order valence-corrected chi connectivity index (χ3v) is 13.5. The van der Waals surface area contributed by atoms with Gasteiger partial charge in [0.2, 0.25) is 0 Å². The quantitative estimate of drug-likeness (QED) is 0.106. The Morgan fingerprint density at radius 3 is 1.69 bits per heavy atom. The van der Waals surface area contributed by atoms with Crippen LogP contribution in [0.3, 0.4) is 0 Å². The maximum Gasteiger partial charge on any atom is 0.416 e. The van der Waals surface area contributed by atoms with Gasteiger partial charge in [-0.25, -0.2) is 0 Å². The van der Waals surface area contributed by atoms with Gasteiger partial charge < -0.3 is 24.8 Å². The van der Waals surface area contributed by atoms with Crippen LogP contribution in [0.2, 0.25) is 5.02 Å². The topological polar surface area (TPSA) is 75.5 Å². The van der Waals surface area contributed by atoms with E-state index in [0.717, 1.165) is 66.9 Å². The fraction of sp³-hybridized carbons (Fsp3) is 0.315. The monoisotopic (exact) mass is 937 g/mol. The molecule has 0 atom stereocenters. The molecule has 2 aliphatic heterocycles. The van der Waals surface area contributed by atoms with Gasteiger partial charge in [0.25, 0.3) is 0 Å². The Bertz CT molecular complexity index is 2720. The smallest absolute Gasteiger partial charge is 0.416 e.